The topological polar surface area (TPSA) is 36.1 Å². The molecule has 0 heterocycles. The zero-order valence-electron chi connectivity index (χ0n) is 18.6. The maximum Gasteiger partial charge on any atom is 0.0205 e. The summed E-state index contributed by atoms with van der Waals surface area (Å²) in [6, 6.07) is 31.8. The SMILES string of the molecule is CC(CNCc1ccccc1)(CNCc1ccccc1)CNCc1ccccc1.Cl.Cl.Cl. The van der Waals surface area contributed by atoms with E-state index in [1.807, 2.05) is 0 Å². The molecule has 0 aliphatic carbocycles. The molecule has 3 aromatic carbocycles. The van der Waals surface area contributed by atoms with E-state index < -0.39 is 0 Å². The Morgan fingerprint density at radius 3 is 0.969 bits per heavy atom. The van der Waals surface area contributed by atoms with Gasteiger partial charge in [-0.3, -0.25) is 0 Å². The Kier molecular flexibility index (Phi) is 16.1. The number of halogens is 3. The minimum absolute atomic E-state index is 0. The van der Waals surface area contributed by atoms with Gasteiger partial charge in [0, 0.05) is 44.7 Å². The molecule has 6 heteroatoms. The lowest BCUT2D eigenvalue weighted by molar-refractivity contribution is 0.272. The van der Waals surface area contributed by atoms with E-state index in [4.69, 9.17) is 0 Å². The highest BCUT2D eigenvalue weighted by molar-refractivity contribution is 5.86. The van der Waals surface area contributed by atoms with Crippen LogP contribution in [0.2, 0.25) is 0 Å². The molecule has 3 N–H and O–H groups in total. The molecule has 32 heavy (non-hydrogen) atoms. The van der Waals surface area contributed by atoms with E-state index in [9.17, 15) is 0 Å². The highest BCUT2D eigenvalue weighted by Gasteiger charge is 2.23. The van der Waals surface area contributed by atoms with Crippen molar-refractivity contribution in [2.24, 2.45) is 5.41 Å². The lowest BCUT2D eigenvalue weighted by atomic mass is 9.89. The van der Waals surface area contributed by atoms with Crippen molar-refractivity contribution >= 4 is 37.2 Å². The van der Waals surface area contributed by atoms with Crippen LogP contribution >= 0.6 is 37.2 Å². The lowest BCUT2D eigenvalue weighted by Gasteiger charge is -2.31. The third kappa shape index (κ3) is 11.3. The summed E-state index contributed by atoms with van der Waals surface area (Å²) in [6.07, 6.45) is 0. The van der Waals surface area contributed by atoms with Gasteiger partial charge in [0.2, 0.25) is 0 Å². The quantitative estimate of drug-likeness (QED) is 0.304. The molecule has 3 rings (SSSR count). The van der Waals surface area contributed by atoms with E-state index in [0.717, 1.165) is 39.3 Å². The molecule has 0 spiro atoms. The largest absolute Gasteiger partial charge is 0.312 e. The number of rotatable bonds is 12. The molecule has 0 saturated carbocycles. The van der Waals surface area contributed by atoms with Gasteiger partial charge in [-0.15, -0.1) is 37.2 Å². The Hall–Kier alpha value is -1.59. The predicted molar refractivity (Wildman–Crippen MR) is 144 cm³/mol. The smallest absolute Gasteiger partial charge is 0.0205 e. The molecule has 0 aliphatic rings. The van der Waals surface area contributed by atoms with Crippen molar-refractivity contribution in [3.8, 4) is 0 Å². The van der Waals surface area contributed by atoms with Crippen molar-refractivity contribution in [3.05, 3.63) is 108 Å². The fourth-order valence-electron chi connectivity index (χ4n) is 3.50. The zero-order valence-corrected chi connectivity index (χ0v) is 21.1. The fourth-order valence-corrected chi connectivity index (χ4v) is 3.50. The van der Waals surface area contributed by atoms with Gasteiger partial charge in [-0.1, -0.05) is 97.9 Å². The van der Waals surface area contributed by atoms with Crippen LogP contribution in [0.1, 0.15) is 23.6 Å². The van der Waals surface area contributed by atoms with Crippen LogP contribution in [0.25, 0.3) is 0 Å². The maximum atomic E-state index is 3.66. The summed E-state index contributed by atoms with van der Waals surface area (Å²) in [7, 11) is 0. The molecule has 0 amide bonds. The van der Waals surface area contributed by atoms with E-state index >= 15 is 0 Å². The van der Waals surface area contributed by atoms with Gasteiger partial charge in [0.25, 0.3) is 0 Å². The third-order valence-corrected chi connectivity index (χ3v) is 5.17. The molecule has 3 aromatic rings. The molecule has 3 nitrogen and oxygen atoms in total. The second-order valence-corrected chi connectivity index (χ2v) is 8.08. The predicted octanol–water partition coefficient (Wildman–Crippen LogP) is 5.63. The fraction of sp³-hybridized carbons (Fsp3) is 0.308. The summed E-state index contributed by atoms with van der Waals surface area (Å²) in [5, 5.41) is 11.0. The van der Waals surface area contributed by atoms with E-state index in [1.54, 1.807) is 0 Å². The number of benzene rings is 3. The molecular weight excluding hydrogens is 461 g/mol. The van der Waals surface area contributed by atoms with E-state index in [1.165, 1.54) is 16.7 Å². The van der Waals surface area contributed by atoms with Crippen LogP contribution in [0.5, 0.6) is 0 Å². The van der Waals surface area contributed by atoms with Crippen molar-refractivity contribution in [1.82, 2.24) is 16.0 Å². The third-order valence-electron chi connectivity index (χ3n) is 5.17. The van der Waals surface area contributed by atoms with Crippen LogP contribution in [0, 0.1) is 5.41 Å². The van der Waals surface area contributed by atoms with Crippen LogP contribution < -0.4 is 16.0 Å². The van der Waals surface area contributed by atoms with Gasteiger partial charge in [0.05, 0.1) is 0 Å². The number of hydrogen-bond acceptors (Lipinski definition) is 3. The first-order valence-corrected chi connectivity index (χ1v) is 10.5. The van der Waals surface area contributed by atoms with Crippen molar-refractivity contribution < 1.29 is 0 Å². The van der Waals surface area contributed by atoms with Gasteiger partial charge in [0.15, 0.2) is 0 Å². The summed E-state index contributed by atoms with van der Waals surface area (Å²) in [5.41, 5.74) is 4.08. The van der Waals surface area contributed by atoms with E-state index in [0.29, 0.717) is 0 Å². The van der Waals surface area contributed by atoms with Gasteiger partial charge >= 0.3 is 0 Å². The van der Waals surface area contributed by atoms with Crippen molar-refractivity contribution in [1.29, 1.82) is 0 Å². The van der Waals surface area contributed by atoms with Gasteiger partial charge < -0.3 is 16.0 Å². The molecule has 0 fully saturated rings. The van der Waals surface area contributed by atoms with E-state index in [-0.39, 0.29) is 42.6 Å². The van der Waals surface area contributed by atoms with Crippen molar-refractivity contribution in [2.45, 2.75) is 26.6 Å². The highest BCUT2D eigenvalue weighted by atomic mass is 35.5. The monoisotopic (exact) mass is 495 g/mol. The second kappa shape index (κ2) is 17.0. The van der Waals surface area contributed by atoms with Crippen molar-refractivity contribution in [3.63, 3.8) is 0 Å². The van der Waals surface area contributed by atoms with Crippen LogP contribution in [-0.2, 0) is 19.6 Å². The average molecular weight is 497 g/mol. The van der Waals surface area contributed by atoms with Gasteiger partial charge in [0.1, 0.15) is 0 Å². The molecular formula is C26H36Cl3N3. The number of nitrogens with one attached hydrogen (secondary N) is 3. The average Bonchev–Trinajstić information content (AvgIpc) is 2.76. The first-order chi connectivity index (χ1) is 14.2. The first kappa shape index (κ1) is 30.4. The molecule has 0 aromatic heterocycles. The normalized spacial score (nSPS) is 10.4. The molecule has 0 bridgehead atoms. The number of hydrogen-bond donors (Lipinski definition) is 3. The summed E-state index contributed by atoms with van der Waals surface area (Å²) >= 11 is 0. The molecule has 0 atom stereocenters. The molecule has 0 aliphatic heterocycles. The van der Waals surface area contributed by atoms with Crippen LogP contribution in [0.15, 0.2) is 91.0 Å². The maximum absolute atomic E-state index is 3.66. The molecule has 176 valence electrons. The Morgan fingerprint density at radius 1 is 0.469 bits per heavy atom. The molecule has 0 unspecified atom stereocenters. The summed E-state index contributed by atoms with van der Waals surface area (Å²) in [4.78, 5) is 0. The first-order valence-electron chi connectivity index (χ1n) is 10.5. The Bertz CT molecular complexity index is 707. The van der Waals surface area contributed by atoms with Crippen LogP contribution in [0.3, 0.4) is 0 Å². The lowest BCUT2D eigenvalue weighted by Crippen LogP contribution is -2.46. The van der Waals surface area contributed by atoms with Gasteiger partial charge in [-0.25, -0.2) is 0 Å². The van der Waals surface area contributed by atoms with Crippen LogP contribution in [-0.4, -0.2) is 19.6 Å². The minimum Gasteiger partial charge on any atom is -0.312 e. The Balaban J connectivity index is 0.00000320. The Labute approximate surface area is 212 Å². The zero-order chi connectivity index (χ0) is 20.2. The van der Waals surface area contributed by atoms with Gasteiger partial charge in [-0.05, 0) is 16.7 Å². The summed E-state index contributed by atoms with van der Waals surface area (Å²) in [6.45, 7) is 7.89. The van der Waals surface area contributed by atoms with E-state index in [2.05, 4.69) is 114 Å². The highest BCUT2D eigenvalue weighted by Crippen LogP contribution is 2.14. The van der Waals surface area contributed by atoms with Crippen molar-refractivity contribution in [2.75, 3.05) is 19.6 Å². The Morgan fingerprint density at radius 2 is 0.719 bits per heavy atom. The second-order valence-electron chi connectivity index (χ2n) is 8.08. The molecule has 0 saturated heterocycles. The minimum atomic E-state index is 0. The standard InChI is InChI=1S/C26H33N3.3ClH/c1-26(20-27-17-23-11-5-2-6-12-23,21-28-18-24-13-7-3-8-14-24)22-29-19-25-15-9-4-10-16-25;;;/h2-16,27-29H,17-22H2,1H3;3*1H. The molecule has 0 radical (unpaired) electrons. The van der Waals surface area contributed by atoms with Gasteiger partial charge in [-0.2, -0.15) is 0 Å². The van der Waals surface area contributed by atoms with Crippen LogP contribution in [0.4, 0.5) is 0 Å². The summed E-state index contributed by atoms with van der Waals surface area (Å²) < 4.78 is 0. The summed E-state index contributed by atoms with van der Waals surface area (Å²) in [5.74, 6) is 0.